The number of aromatic nitrogens is 1. The lowest BCUT2D eigenvalue weighted by Crippen LogP contribution is -2.47. The third-order valence-corrected chi connectivity index (χ3v) is 4.52. The number of amides is 1. The van der Waals surface area contributed by atoms with Crippen LogP contribution in [0.15, 0.2) is 18.3 Å². The number of carbonyl (C=O) groups is 2. The van der Waals surface area contributed by atoms with Gasteiger partial charge in [-0.15, -0.1) is 0 Å². The molecule has 2 N–H and O–H groups in total. The summed E-state index contributed by atoms with van der Waals surface area (Å²) in [6.45, 7) is 1.68. The maximum atomic E-state index is 12.3. The van der Waals surface area contributed by atoms with Gasteiger partial charge in [0, 0.05) is 32.4 Å². The van der Waals surface area contributed by atoms with Crippen LogP contribution in [-0.4, -0.2) is 71.0 Å². The Labute approximate surface area is 148 Å². The van der Waals surface area contributed by atoms with Crippen molar-refractivity contribution in [3.05, 3.63) is 24.0 Å². The normalized spacial score (nSPS) is 25.8. The van der Waals surface area contributed by atoms with Crippen LogP contribution in [0.2, 0.25) is 0 Å². The molecule has 2 fully saturated rings. The van der Waals surface area contributed by atoms with Crippen LogP contribution in [0.25, 0.3) is 0 Å². The van der Waals surface area contributed by atoms with E-state index in [4.69, 9.17) is 14.6 Å². The van der Waals surface area contributed by atoms with Crippen LogP contribution < -0.4 is 5.32 Å². The van der Waals surface area contributed by atoms with Crippen molar-refractivity contribution in [3.63, 3.8) is 0 Å². The van der Waals surface area contributed by atoms with Crippen LogP contribution in [0.1, 0.15) is 23.3 Å². The molecular formula is C16H22F3N3O4. The predicted octanol–water partition coefficient (Wildman–Crippen LogP) is 1.25. The highest BCUT2D eigenvalue weighted by molar-refractivity contribution is 5.93. The molecule has 2 aliphatic heterocycles. The number of aliphatic carboxylic acids is 1. The van der Waals surface area contributed by atoms with Gasteiger partial charge in [0.15, 0.2) is 0 Å². The number of carboxylic acid groups (broad SMARTS) is 1. The van der Waals surface area contributed by atoms with E-state index in [1.54, 1.807) is 0 Å². The topological polar surface area (TPSA) is 83.8 Å². The van der Waals surface area contributed by atoms with E-state index in [9.17, 15) is 18.0 Å². The smallest absolute Gasteiger partial charge is 0.475 e. The van der Waals surface area contributed by atoms with Gasteiger partial charge in [-0.1, -0.05) is 0 Å². The fourth-order valence-corrected chi connectivity index (χ4v) is 3.26. The summed E-state index contributed by atoms with van der Waals surface area (Å²) < 4.78 is 39.4. The number of hydrogen-bond acceptors (Lipinski definition) is 4. The first-order chi connectivity index (χ1) is 12.1. The van der Waals surface area contributed by atoms with E-state index in [1.165, 1.54) is 0 Å². The van der Waals surface area contributed by atoms with Crippen molar-refractivity contribution < 1.29 is 32.6 Å². The molecule has 2 aliphatic rings. The number of carboxylic acids is 1. The second-order valence-electron chi connectivity index (χ2n) is 6.37. The Morgan fingerprint density at radius 1 is 1.35 bits per heavy atom. The summed E-state index contributed by atoms with van der Waals surface area (Å²) in [5, 5.41) is 10.3. The van der Waals surface area contributed by atoms with Gasteiger partial charge in [0.05, 0.1) is 12.1 Å². The lowest BCUT2D eigenvalue weighted by molar-refractivity contribution is -0.192. The molecule has 0 spiro atoms. The molecule has 146 valence electrons. The SMILES string of the molecule is CN1C[C@@H](NC(=O)c2cccn2C)[C@@H]2OCCC[C@@H]21.O=C(O)C(F)(F)F. The van der Waals surface area contributed by atoms with Gasteiger partial charge < -0.3 is 19.7 Å². The lowest BCUT2D eigenvalue weighted by Gasteiger charge is -2.31. The number of nitrogens with zero attached hydrogens (tertiary/aromatic N) is 2. The fourth-order valence-electron chi connectivity index (χ4n) is 3.26. The van der Waals surface area contributed by atoms with E-state index in [2.05, 4.69) is 17.3 Å². The summed E-state index contributed by atoms with van der Waals surface area (Å²) >= 11 is 0. The molecule has 3 rings (SSSR count). The van der Waals surface area contributed by atoms with Crippen LogP contribution >= 0.6 is 0 Å². The van der Waals surface area contributed by atoms with Crippen molar-refractivity contribution in [2.75, 3.05) is 20.2 Å². The van der Waals surface area contributed by atoms with Gasteiger partial charge in [-0.25, -0.2) is 4.79 Å². The van der Waals surface area contributed by atoms with Crippen LogP contribution in [0.4, 0.5) is 13.2 Å². The first-order valence-corrected chi connectivity index (χ1v) is 8.15. The molecule has 0 aliphatic carbocycles. The Morgan fingerprint density at radius 2 is 2.00 bits per heavy atom. The van der Waals surface area contributed by atoms with Crippen LogP contribution in [0.3, 0.4) is 0 Å². The predicted molar refractivity (Wildman–Crippen MR) is 85.8 cm³/mol. The molecule has 7 nitrogen and oxygen atoms in total. The molecule has 0 saturated carbocycles. The highest BCUT2D eigenvalue weighted by Gasteiger charge is 2.43. The van der Waals surface area contributed by atoms with Crippen molar-refractivity contribution in [2.45, 2.75) is 37.2 Å². The van der Waals surface area contributed by atoms with E-state index in [0.717, 1.165) is 26.0 Å². The first kappa shape index (κ1) is 20.2. The Morgan fingerprint density at radius 3 is 2.54 bits per heavy atom. The van der Waals surface area contributed by atoms with Crippen LogP contribution in [0, 0.1) is 0 Å². The molecule has 10 heteroatoms. The van der Waals surface area contributed by atoms with Gasteiger partial charge in [0.2, 0.25) is 0 Å². The molecule has 1 amide bonds. The highest BCUT2D eigenvalue weighted by atomic mass is 19.4. The monoisotopic (exact) mass is 377 g/mol. The minimum atomic E-state index is -5.08. The van der Waals surface area contributed by atoms with Gasteiger partial charge in [-0.2, -0.15) is 13.2 Å². The minimum Gasteiger partial charge on any atom is -0.475 e. The molecule has 2 saturated heterocycles. The zero-order valence-electron chi connectivity index (χ0n) is 14.5. The second-order valence-corrected chi connectivity index (χ2v) is 6.37. The quantitative estimate of drug-likeness (QED) is 0.811. The maximum absolute atomic E-state index is 12.3. The Kier molecular flexibility index (Phi) is 6.30. The number of fused-ring (bicyclic) bond motifs is 1. The molecular weight excluding hydrogens is 355 g/mol. The number of ether oxygens (including phenoxy) is 1. The average Bonchev–Trinajstić information content (AvgIpc) is 3.12. The molecule has 3 atom stereocenters. The van der Waals surface area contributed by atoms with Gasteiger partial charge in [-0.3, -0.25) is 9.69 Å². The summed E-state index contributed by atoms with van der Waals surface area (Å²) in [5.74, 6) is -2.77. The van der Waals surface area contributed by atoms with E-state index >= 15 is 0 Å². The summed E-state index contributed by atoms with van der Waals surface area (Å²) in [6.07, 6.45) is -0.778. The van der Waals surface area contributed by atoms with Gasteiger partial charge in [-0.05, 0) is 32.0 Å². The molecule has 0 unspecified atom stereocenters. The molecule has 0 aromatic carbocycles. The Bertz CT molecular complexity index is 647. The van der Waals surface area contributed by atoms with E-state index in [1.807, 2.05) is 29.9 Å². The molecule has 26 heavy (non-hydrogen) atoms. The number of likely N-dealkylation sites (tertiary alicyclic amines) is 1. The van der Waals surface area contributed by atoms with E-state index < -0.39 is 12.1 Å². The second kappa shape index (κ2) is 8.09. The van der Waals surface area contributed by atoms with Gasteiger partial charge in [0.25, 0.3) is 5.91 Å². The van der Waals surface area contributed by atoms with E-state index in [0.29, 0.717) is 11.7 Å². The molecule has 3 heterocycles. The minimum absolute atomic E-state index is 0.0132. The van der Waals surface area contributed by atoms with Crippen molar-refractivity contribution in [1.29, 1.82) is 0 Å². The standard InChI is InChI=1S/C14H21N3O2.C2HF3O2/c1-16-7-3-5-12(16)14(18)15-10-9-17(2)11-6-4-8-19-13(10)11;3-2(4,5)1(6)7/h3,5,7,10-11,13H,4,6,8-9H2,1-2H3,(H,15,18);(H,6,7)/t10-,11+,13+;/m1./s1. The Hall–Kier alpha value is -2.07. The van der Waals surface area contributed by atoms with Crippen LogP contribution in [-0.2, 0) is 16.6 Å². The maximum Gasteiger partial charge on any atom is 0.490 e. The summed E-state index contributed by atoms with van der Waals surface area (Å²) in [5.41, 5.74) is 0.696. The molecule has 0 radical (unpaired) electrons. The molecule has 0 bridgehead atoms. The number of carbonyl (C=O) groups excluding carboxylic acids is 1. The first-order valence-electron chi connectivity index (χ1n) is 8.15. The van der Waals surface area contributed by atoms with Crippen LogP contribution in [0.5, 0.6) is 0 Å². The van der Waals surface area contributed by atoms with E-state index in [-0.39, 0.29) is 18.1 Å². The van der Waals surface area contributed by atoms with Crippen molar-refractivity contribution in [2.24, 2.45) is 7.05 Å². The zero-order valence-corrected chi connectivity index (χ0v) is 14.5. The number of hydrogen-bond donors (Lipinski definition) is 2. The third-order valence-electron chi connectivity index (χ3n) is 4.52. The zero-order chi connectivity index (χ0) is 19.5. The van der Waals surface area contributed by atoms with Gasteiger partial charge >= 0.3 is 12.1 Å². The number of halogens is 3. The average molecular weight is 377 g/mol. The number of alkyl halides is 3. The Balaban J connectivity index is 0.000000298. The lowest BCUT2D eigenvalue weighted by atomic mass is 10.0. The molecule has 1 aromatic rings. The fraction of sp³-hybridized carbons (Fsp3) is 0.625. The number of nitrogens with one attached hydrogen (secondary N) is 1. The number of rotatable bonds is 2. The third kappa shape index (κ3) is 4.76. The summed E-state index contributed by atoms with van der Waals surface area (Å²) in [7, 11) is 4.00. The summed E-state index contributed by atoms with van der Waals surface area (Å²) in [4.78, 5) is 23.5. The van der Waals surface area contributed by atoms with Gasteiger partial charge in [0.1, 0.15) is 5.69 Å². The summed E-state index contributed by atoms with van der Waals surface area (Å²) in [6, 6.07) is 4.27. The van der Waals surface area contributed by atoms with Crippen molar-refractivity contribution in [3.8, 4) is 0 Å². The highest BCUT2D eigenvalue weighted by Crippen LogP contribution is 2.27. The number of aryl methyl sites for hydroxylation is 1. The molecule has 1 aromatic heterocycles. The van der Waals surface area contributed by atoms with Crippen molar-refractivity contribution in [1.82, 2.24) is 14.8 Å². The van der Waals surface area contributed by atoms with Crippen molar-refractivity contribution >= 4 is 11.9 Å². The largest absolute Gasteiger partial charge is 0.490 e. The number of likely N-dealkylation sites (N-methyl/N-ethyl adjacent to an activating group) is 1.